The molecule has 2 heteroatoms. The second-order valence-corrected chi connectivity index (χ2v) is 5.43. The maximum absolute atomic E-state index is 11.5. The van der Waals surface area contributed by atoms with Crippen molar-refractivity contribution in [3.8, 4) is 0 Å². The van der Waals surface area contributed by atoms with Crippen LogP contribution in [-0.4, -0.2) is 13.1 Å². The van der Waals surface area contributed by atoms with Gasteiger partial charge >= 0.3 is 5.97 Å². The van der Waals surface area contributed by atoms with E-state index in [-0.39, 0.29) is 17.3 Å². The molecule has 3 atom stereocenters. The van der Waals surface area contributed by atoms with Crippen LogP contribution in [-0.2, 0) is 9.53 Å². The summed E-state index contributed by atoms with van der Waals surface area (Å²) >= 11 is 0. The Labute approximate surface area is 92.7 Å². The van der Waals surface area contributed by atoms with Crippen LogP contribution < -0.4 is 0 Å². The molecule has 1 aliphatic rings. The lowest BCUT2D eigenvalue weighted by molar-refractivity contribution is -0.145. The molecule has 0 bridgehead atoms. The lowest BCUT2D eigenvalue weighted by Crippen LogP contribution is -2.17. The Hall–Kier alpha value is -0.790. The molecule has 0 saturated heterocycles. The molecular formula is C13H22O2. The number of allylic oxidation sites excluding steroid dienone is 2. The smallest absolute Gasteiger partial charge is 0.308 e. The maximum atomic E-state index is 11.5. The molecule has 0 N–H and O–H groups in total. The zero-order valence-electron chi connectivity index (χ0n) is 10.6. The van der Waals surface area contributed by atoms with E-state index in [0.29, 0.717) is 11.8 Å². The van der Waals surface area contributed by atoms with E-state index in [9.17, 15) is 4.79 Å². The Balaban J connectivity index is 2.74. The van der Waals surface area contributed by atoms with Gasteiger partial charge in [-0.3, -0.25) is 4.79 Å². The average Bonchev–Trinajstić information content (AvgIpc) is 2.65. The summed E-state index contributed by atoms with van der Waals surface area (Å²) in [4.78, 5) is 11.5. The van der Waals surface area contributed by atoms with Crippen molar-refractivity contribution in [2.75, 3.05) is 7.11 Å². The highest BCUT2D eigenvalue weighted by atomic mass is 16.5. The van der Waals surface area contributed by atoms with Gasteiger partial charge in [-0.1, -0.05) is 32.4 Å². The number of hydrogen-bond acceptors (Lipinski definition) is 2. The SMILES string of the molecule is COC(=O)C(C)[C@H]1[C@@H](C=C(C)C)C1(C)C. The van der Waals surface area contributed by atoms with Crippen molar-refractivity contribution in [1.82, 2.24) is 0 Å². The summed E-state index contributed by atoms with van der Waals surface area (Å²) in [6, 6.07) is 0. The minimum absolute atomic E-state index is 0.00519. The van der Waals surface area contributed by atoms with Crippen LogP contribution in [0.15, 0.2) is 11.6 Å². The largest absolute Gasteiger partial charge is 0.469 e. The summed E-state index contributed by atoms with van der Waals surface area (Å²) in [6.07, 6.45) is 2.28. The van der Waals surface area contributed by atoms with E-state index in [1.54, 1.807) is 0 Å². The predicted molar refractivity (Wildman–Crippen MR) is 61.4 cm³/mol. The molecule has 0 heterocycles. The molecule has 0 aromatic rings. The van der Waals surface area contributed by atoms with E-state index in [1.807, 2.05) is 6.92 Å². The molecule has 0 spiro atoms. The second-order valence-electron chi connectivity index (χ2n) is 5.43. The highest BCUT2D eigenvalue weighted by Crippen LogP contribution is 2.62. The quantitative estimate of drug-likeness (QED) is 0.528. The van der Waals surface area contributed by atoms with E-state index in [0.717, 1.165) is 0 Å². The lowest BCUT2D eigenvalue weighted by atomic mass is 9.99. The minimum atomic E-state index is -0.0854. The van der Waals surface area contributed by atoms with Crippen molar-refractivity contribution in [3.63, 3.8) is 0 Å². The Kier molecular flexibility index (Phi) is 3.27. The van der Waals surface area contributed by atoms with Crippen molar-refractivity contribution >= 4 is 5.97 Å². The van der Waals surface area contributed by atoms with Crippen LogP contribution in [0.4, 0.5) is 0 Å². The molecule has 0 aromatic heterocycles. The van der Waals surface area contributed by atoms with Crippen LogP contribution in [0, 0.1) is 23.2 Å². The van der Waals surface area contributed by atoms with Gasteiger partial charge in [0.05, 0.1) is 13.0 Å². The summed E-state index contributed by atoms with van der Waals surface area (Å²) in [7, 11) is 1.46. The van der Waals surface area contributed by atoms with Gasteiger partial charge in [0.25, 0.3) is 0 Å². The van der Waals surface area contributed by atoms with Crippen molar-refractivity contribution in [2.45, 2.75) is 34.6 Å². The number of methoxy groups -OCH3 is 1. The maximum Gasteiger partial charge on any atom is 0.308 e. The van der Waals surface area contributed by atoms with Crippen LogP contribution in [0.3, 0.4) is 0 Å². The molecule has 1 rings (SSSR count). The van der Waals surface area contributed by atoms with E-state index >= 15 is 0 Å². The fourth-order valence-corrected chi connectivity index (χ4v) is 2.68. The molecule has 86 valence electrons. The van der Waals surface area contributed by atoms with Gasteiger partial charge in [0, 0.05) is 0 Å². The number of ether oxygens (including phenoxy) is 1. The van der Waals surface area contributed by atoms with Gasteiger partial charge in [0.15, 0.2) is 0 Å². The number of rotatable bonds is 3. The summed E-state index contributed by atoms with van der Waals surface area (Å²) < 4.78 is 4.80. The molecule has 0 aromatic carbocycles. The third kappa shape index (κ3) is 2.24. The van der Waals surface area contributed by atoms with Crippen LogP contribution in [0.1, 0.15) is 34.6 Å². The van der Waals surface area contributed by atoms with Crippen LogP contribution in [0.5, 0.6) is 0 Å². The zero-order valence-corrected chi connectivity index (χ0v) is 10.6. The van der Waals surface area contributed by atoms with Gasteiger partial charge in [-0.05, 0) is 31.1 Å². The van der Waals surface area contributed by atoms with Crippen LogP contribution in [0.25, 0.3) is 0 Å². The fourth-order valence-electron chi connectivity index (χ4n) is 2.68. The minimum Gasteiger partial charge on any atom is -0.469 e. The van der Waals surface area contributed by atoms with Crippen molar-refractivity contribution in [2.24, 2.45) is 23.2 Å². The lowest BCUT2D eigenvalue weighted by Gasteiger charge is -2.09. The third-order valence-electron chi connectivity index (χ3n) is 3.62. The first-order valence-electron chi connectivity index (χ1n) is 5.55. The van der Waals surface area contributed by atoms with E-state index in [1.165, 1.54) is 12.7 Å². The summed E-state index contributed by atoms with van der Waals surface area (Å²) in [5, 5.41) is 0. The number of hydrogen-bond donors (Lipinski definition) is 0. The Morgan fingerprint density at radius 2 is 1.93 bits per heavy atom. The number of carbonyl (C=O) groups is 1. The highest BCUT2D eigenvalue weighted by Gasteiger charge is 2.59. The first kappa shape index (κ1) is 12.3. The van der Waals surface area contributed by atoms with Gasteiger partial charge in [0.2, 0.25) is 0 Å². The number of esters is 1. The normalized spacial score (nSPS) is 29.2. The molecular weight excluding hydrogens is 188 g/mol. The van der Waals surface area contributed by atoms with E-state index < -0.39 is 0 Å². The summed E-state index contributed by atoms with van der Waals surface area (Å²) in [5.41, 5.74) is 1.57. The van der Waals surface area contributed by atoms with Crippen LogP contribution in [0.2, 0.25) is 0 Å². The van der Waals surface area contributed by atoms with Gasteiger partial charge in [-0.25, -0.2) is 0 Å². The van der Waals surface area contributed by atoms with Gasteiger partial charge in [-0.2, -0.15) is 0 Å². The van der Waals surface area contributed by atoms with E-state index in [4.69, 9.17) is 4.74 Å². The van der Waals surface area contributed by atoms with Crippen molar-refractivity contribution < 1.29 is 9.53 Å². The summed E-state index contributed by atoms with van der Waals surface area (Å²) in [6.45, 7) is 10.6. The second kappa shape index (κ2) is 3.99. The van der Waals surface area contributed by atoms with Crippen LogP contribution >= 0.6 is 0 Å². The first-order valence-corrected chi connectivity index (χ1v) is 5.55. The Morgan fingerprint density at radius 3 is 2.33 bits per heavy atom. The third-order valence-corrected chi connectivity index (χ3v) is 3.62. The Morgan fingerprint density at radius 1 is 1.40 bits per heavy atom. The first-order chi connectivity index (χ1) is 6.82. The van der Waals surface area contributed by atoms with Gasteiger partial charge in [-0.15, -0.1) is 0 Å². The van der Waals surface area contributed by atoms with Gasteiger partial charge in [0.1, 0.15) is 0 Å². The van der Waals surface area contributed by atoms with Crippen molar-refractivity contribution in [1.29, 1.82) is 0 Å². The fraction of sp³-hybridized carbons (Fsp3) is 0.769. The zero-order chi connectivity index (χ0) is 11.8. The molecule has 1 aliphatic carbocycles. The number of carbonyl (C=O) groups excluding carboxylic acids is 1. The molecule has 1 unspecified atom stereocenters. The molecule has 1 fully saturated rings. The molecule has 2 nitrogen and oxygen atoms in total. The molecule has 0 amide bonds. The highest BCUT2D eigenvalue weighted by molar-refractivity contribution is 5.73. The summed E-state index contributed by atoms with van der Waals surface area (Å²) in [5.74, 6) is 0.875. The van der Waals surface area contributed by atoms with E-state index in [2.05, 4.69) is 33.8 Å². The molecule has 0 radical (unpaired) electrons. The monoisotopic (exact) mass is 210 g/mol. The predicted octanol–water partition coefficient (Wildman–Crippen LogP) is 3.03. The van der Waals surface area contributed by atoms with Gasteiger partial charge < -0.3 is 4.74 Å². The standard InChI is InChI=1S/C13H22O2/c1-8(2)7-10-11(13(10,4)5)9(3)12(14)15-6/h7,9-11H,1-6H3/t9?,10-,11+/m1/s1. The molecule has 0 aliphatic heterocycles. The Bertz CT molecular complexity index is 285. The molecule has 1 saturated carbocycles. The van der Waals surface area contributed by atoms with Crippen molar-refractivity contribution in [3.05, 3.63) is 11.6 Å². The topological polar surface area (TPSA) is 26.3 Å². The molecule has 15 heavy (non-hydrogen) atoms. The average molecular weight is 210 g/mol.